The molecule has 3 rings (SSSR count). The Morgan fingerprint density at radius 2 is 2.00 bits per heavy atom. The van der Waals surface area contributed by atoms with E-state index in [1.165, 1.54) is 12.8 Å². The third-order valence-electron chi connectivity index (χ3n) is 5.45. The lowest BCUT2D eigenvalue weighted by molar-refractivity contribution is -0.122. The van der Waals surface area contributed by atoms with Gasteiger partial charge in [-0.1, -0.05) is 18.9 Å². The number of pyridine rings is 1. The van der Waals surface area contributed by atoms with Gasteiger partial charge in [0, 0.05) is 51.9 Å². The summed E-state index contributed by atoms with van der Waals surface area (Å²) < 4.78 is 0. The Bertz CT molecular complexity index is 525. The molecule has 2 aliphatic rings. The fourth-order valence-corrected chi connectivity index (χ4v) is 3.82. The first-order valence-corrected chi connectivity index (χ1v) is 9.55. The van der Waals surface area contributed by atoms with Gasteiger partial charge in [-0.05, 0) is 30.9 Å². The smallest absolute Gasteiger partial charge is 0.221 e. The molecule has 0 bridgehead atoms. The number of carbonyl (C=O) groups is 1. The number of nitrogens with zero attached hydrogens (tertiary/aromatic N) is 3. The Balaban J connectivity index is 1.30. The summed E-state index contributed by atoms with van der Waals surface area (Å²) in [4.78, 5) is 21.0. The van der Waals surface area contributed by atoms with E-state index in [9.17, 15) is 9.90 Å². The molecule has 2 N–H and O–H groups in total. The number of carbonyl (C=O) groups excluding carboxylic acids is 1. The van der Waals surface area contributed by atoms with Crippen molar-refractivity contribution in [2.45, 2.75) is 38.2 Å². The molecule has 6 nitrogen and oxygen atoms in total. The summed E-state index contributed by atoms with van der Waals surface area (Å²) in [6.07, 6.45) is 6.55. The molecule has 1 unspecified atom stereocenters. The van der Waals surface area contributed by atoms with Crippen LogP contribution in [-0.2, 0) is 4.79 Å². The van der Waals surface area contributed by atoms with E-state index in [2.05, 4.69) is 20.1 Å². The first kappa shape index (κ1) is 18.1. The molecule has 1 amide bonds. The van der Waals surface area contributed by atoms with Crippen LogP contribution in [0.15, 0.2) is 24.4 Å². The fraction of sp³-hybridized carbons (Fsp3) is 0.684. The summed E-state index contributed by atoms with van der Waals surface area (Å²) in [6.45, 7) is 4.97. The molecule has 1 saturated heterocycles. The molecule has 0 aromatic carbocycles. The third-order valence-corrected chi connectivity index (χ3v) is 5.45. The molecule has 2 heterocycles. The van der Waals surface area contributed by atoms with Crippen LogP contribution in [0, 0.1) is 5.92 Å². The zero-order valence-corrected chi connectivity index (χ0v) is 14.9. The molecule has 1 aromatic heterocycles. The molecule has 6 heteroatoms. The Kier molecular flexibility index (Phi) is 6.64. The number of amides is 1. The van der Waals surface area contributed by atoms with Gasteiger partial charge in [0.15, 0.2) is 0 Å². The molecule has 0 spiro atoms. The molecular formula is C19H30N4O2. The zero-order valence-electron chi connectivity index (χ0n) is 14.9. The maximum Gasteiger partial charge on any atom is 0.221 e. The van der Waals surface area contributed by atoms with E-state index in [1.54, 1.807) is 0 Å². The number of hydrogen-bond acceptors (Lipinski definition) is 5. The number of nitrogens with one attached hydrogen (secondary N) is 1. The average molecular weight is 346 g/mol. The molecule has 1 aromatic rings. The first-order valence-electron chi connectivity index (χ1n) is 9.55. The number of piperazine rings is 1. The van der Waals surface area contributed by atoms with Crippen LogP contribution in [0.4, 0.5) is 5.82 Å². The molecule has 138 valence electrons. The van der Waals surface area contributed by atoms with Gasteiger partial charge in [-0.2, -0.15) is 0 Å². The number of rotatable bonds is 7. The lowest BCUT2D eigenvalue weighted by atomic mass is 10.0. The Labute approximate surface area is 150 Å². The third kappa shape index (κ3) is 5.41. The number of aliphatic hydroxyl groups is 1. The summed E-state index contributed by atoms with van der Waals surface area (Å²) >= 11 is 0. The second-order valence-electron chi connectivity index (χ2n) is 7.18. The van der Waals surface area contributed by atoms with Gasteiger partial charge in [-0.25, -0.2) is 4.98 Å². The summed E-state index contributed by atoms with van der Waals surface area (Å²) in [5.74, 6) is 1.45. The standard InChI is InChI=1S/C19H30N4O2/c24-17(16-5-1-2-6-16)15-21-19(25)8-10-22-11-13-23(14-12-22)18-7-3-4-9-20-18/h3-4,7,9,16-17,24H,1-2,5-6,8,10-15H2,(H,21,25). The average Bonchev–Trinajstić information content (AvgIpc) is 3.20. The van der Waals surface area contributed by atoms with Gasteiger partial charge < -0.3 is 15.3 Å². The maximum atomic E-state index is 12.0. The summed E-state index contributed by atoms with van der Waals surface area (Å²) in [6, 6.07) is 5.99. The minimum absolute atomic E-state index is 0.0456. The van der Waals surface area contributed by atoms with E-state index in [0.717, 1.165) is 51.4 Å². The van der Waals surface area contributed by atoms with E-state index in [0.29, 0.717) is 18.9 Å². The van der Waals surface area contributed by atoms with Crippen LogP contribution >= 0.6 is 0 Å². The highest BCUT2D eigenvalue weighted by Gasteiger charge is 2.23. The number of aliphatic hydroxyl groups excluding tert-OH is 1. The molecule has 1 aliphatic heterocycles. The Morgan fingerprint density at radius 3 is 2.68 bits per heavy atom. The topological polar surface area (TPSA) is 68.7 Å². The maximum absolute atomic E-state index is 12.0. The predicted octanol–water partition coefficient (Wildman–Crippen LogP) is 1.26. The van der Waals surface area contributed by atoms with Crippen LogP contribution in [0.1, 0.15) is 32.1 Å². The predicted molar refractivity (Wildman–Crippen MR) is 98.5 cm³/mol. The molecular weight excluding hydrogens is 316 g/mol. The van der Waals surface area contributed by atoms with Crippen LogP contribution < -0.4 is 10.2 Å². The van der Waals surface area contributed by atoms with Crippen LogP contribution in [0.25, 0.3) is 0 Å². The van der Waals surface area contributed by atoms with Crippen molar-refractivity contribution in [3.05, 3.63) is 24.4 Å². The molecule has 25 heavy (non-hydrogen) atoms. The molecule has 1 saturated carbocycles. The lowest BCUT2D eigenvalue weighted by Crippen LogP contribution is -2.47. The summed E-state index contributed by atoms with van der Waals surface area (Å²) in [5, 5.41) is 13.0. The van der Waals surface area contributed by atoms with Crippen molar-refractivity contribution >= 4 is 11.7 Å². The van der Waals surface area contributed by atoms with Gasteiger partial charge in [-0.3, -0.25) is 9.69 Å². The molecule has 2 fully saturated rings. The minimum Gasteiger partial charge on any atom is -0.391 e. The van der Waals surface area contributed by atoms with E-state index >= 15 is 0 Å². The molecule has 1 aliphatic carbocycles. The van der Waals surface area contributed by atoms with Crippen molar-refractivity contribution in [2.75, 3.05) is 44.2 Å². The van der Waals surface area contributed by atoms with E-state index in [1.807, 2.05) is 24.4 Å². The van der Waals surface area contributed by atoms with Crippen molar-refractivity contribution in [3.63, 3.8) is 0 Å². The van der Waals surface area contributed by atoms with Crippen molar-refractivity contribution in [2.24, 2.45) is 5.92 Å². The van der Waals surface area contributed by atoms with Gasteiger partial charge in [0.25, 0.3) is 0 Å². The lowest BCUT2D eigenvalue weighted by Gasteiger charge is -2.35. The summed E-state index contributed by atoms with van der Waals surface area (Å²) in [5.41, 5.74) is 0. The van der Waals surface area contributed by atoms with Gasteiger partial charge >= 0.3 is 0 Å². The monoisotopic (exact) mass is 346 g/mol. The van der Waals surface area contributed by atoms with Gasteiger partial charge in [0.1, 0.15) is 5.82 Å². The molecule has 0 radical (unpaired) electrons. The molecule has 1 atom stereocenters. The van der Waals surface area contributed by atoms with Crippen molar-refractivity contribution in [1.82, 2.24) is 15.2 Å². The largest absolute Gasteiger partial charge is 0.391 e. The number of anilines is 1. The van der Waals surface area contributed by atoms with Crippen molar-refractivity contribution < 1.29 is 9.90 Å². The number of hydrogen-bond donors (Lipinski definition) is 2. The Morgan fingerprint density at radius 1 is 1.24 bits per heavy atom. The van der Waals surface area contributed by atoms with E-state index in [4.69, 9.17) is 0 Å². The van der Waals surface area contributed by atoms with E-state index in [-0.39, 0.29) is 12.0 Å². The highest BCUT2D eigenvalue weighted by molar-refractivity contribution is 5.76. The minimum atomic E-state index is -0.381. The van der Waals surface area contributed by atoms with Crippen LogP contribution in [0.2, 0.25) is 0 Å². The Hall–Kier alpha value is -1.66. The highest BCUT2D eigenvalue weighted by atomic mass is 16.3. The first-order chi connectivity index (χ1) is 12.2. The quantitative estimate of drug-likeness (QED) is 0.778. The summed E-state index contributed by atoms with van der Waals surface area (Å²) in [7, 11) is 0. The second kappa shape index (κ2) is 9.15. The zero-order chi connectivity index (χ0) is 17.5. The van der Waals surface area contributed by atoms with Crippen molar-refractivity contribution in [1.29, 1.82) is 0 Å². The van der Waals surface area contributed by atoms with Gasteiger partial charge in [-0.15, -0.1) is 0 Å². The highest BCUT2D eigenvalue weighted by Crippen LogP contribution is 2.27. The van der Waals surface area contributed by atoms with Gasteiger partial charge in [0.05, 0.1) is 6.10 Å². The number of aromatic nitrogens is 1. The SMILES string of the molecule is O=C(CCN1CCN(c2ccccn2)CC1)NCC(O)C1CCCC1. The van der Waals surface area contributed by atoms with Crippen LogP contribution in [-0.4, -0.2) is 66.3 Å². The van der Waals surface area contributed by atoms with Crippen LogP contribution in [0.3, 0.4) is 0 Å². The second-order valence-corrected chi connectivity index (χ2v) is 7.18. The van der Waals surface area contributed by atoms with Gasteiger partial charge in [0.2, 0.25) is 5.91 Å². The van der Waals surface area contributed by atoms with Crippen LogP contribution in [0.5, 0.6) is 0 Å². The van der Waals surface area contributed by atoms with E-state index < -0.39 is 0 Å². The normalized spacial score (nSPS) is 20.6. The fourth-order valence-electron chi connectivity index (χ4n) is 3.82. The van der Waals surface area contributed by atoms with Crippen molar-refractivity contribution in [3.8, 4) is 0 Å².